The largest absolute Gasteiger partial charge is 0.356 e. The van der Waals surface area contributed by atoms with Gasteiger partial charge in [-0.05, 0) is 12.3 Å². The van der Waals surface area contributed by atoms with E-state index < -0.39 is 0 Å². The van der Waals surface area contributed by atoms with Crippen LogP contribution in [0.3, 0.4) is 0 Å². The molecule has 0 saturated carbocycles. The molecule has 0 bridgehead atoms. The lowest BCUT2D eigenvalue weighted by Crippen LogP contribution is -2.40. The first-order valence-electron chi connectivity index (χ1n) is 8.37. The van der Waals surface area contributed by atoms with Crippen LogP contribution in [0.1, 0.15) is 64.6 Å². The third-order valence-corrected chi connectivity index (χ3v) is 3.80. The van der Waals surface area contributed by atoms with E-state index in [1.165, 1.54) is 12.8 Å². The molecule has 0 spiro atoms. The number of nitrogens with zero attached hydrogens (tertiary/aromatic N) is 3. The van der Waals surface area contributed by atoms with Gasteiger partial charge in [0.15, 0.2) is 11.8 Å². The monoisotopic (exact) mass is 437 g/mol. The van der Waals surface area contributed by atoms with Gasteiger partial charge in [-0.3, -0.25) is 4.99 Å². The Kier molecular flexibility index (Phi) is 12.1. The fourth-order valence-electron chi connectivity index (χ4n) is 2.09. The minimum absolute atomic E-state index is 0. The maximum absolute atomic E-state index is 5.23. The molecule has 0 aromatic carbocycles. The number of hydrogen-bond donors (Lipinski definition) is 2. The molecule has 0 radical (unpaired) electrons. The Morgan fingerprint density at radius 2 is 1.91 bits per heavy atom. The maximum Gasteiger partial charge on any atom is 0.226 e. The van der Waals surface area contributed by atoms with Gasteiger partial charge in [-0.2, -0.15) is 4.98 Å². The molecule has 0 saturated heterocycles. The highest BCUT2D eigenvalue weighted by molar-refractivity contribution is 14.0. The van der Waals surface area contributed by atoms with Crippen LogP contribution in [0.25, 0.3) is 0 Å². The lowest BCUT2D eigenvalue weighted by Gasteiger charge is -2.16. The van der Waals surface area contributed by atoms with E-state index in [4.69, 9.17) is 4.52 Å². The van der Waals surface area contributed by atoms with E-state index in [2.05, 4.69) is 53.5 Å². The van der Waals surface area contributed by atoms with Crippen molar-refractivity contribution in [1.82, 2.24) is 20.8 Å². The molecular weight excluding hydrogens is 405 g/mol. The van der Waals surface area contributed by atoms with E-state index in [9.17, 15) is 0 Å². The number of hydrogen-bond acceptors (Lipinski definition) is 4. The molecule has 7 heteroatoms. The molecule has 0 fully saturated rings. The molecule has 1 rings (SSSR count). The van der Waals surface area contributed by atoms with Crippen molar-refractivity contribution >= 4 is 29.9 Å². The number of guanidine groups is 1. The lowest BCUT2D eigenvalue weighted by molar-refractivity contribution is 0.368. The van der Waals surface area contributed by atoms with Gasteiger partial charge in [0.25, 0.3) is 0 Å². The Morgan fingerprint density at radius 3 is 2.43 bits per heavy atom. The summed E-state index contributed by atoms with van der Waals surface area (Å²) in [7, 11) is 1.80. The number of halogens is 1. The first-order valence-corrected chi connectivity index (χ1v) is 8.37. The average molecular weight is 437 g/mol. The molecule has 1 aromatic rings. The second kappa shape index (κ2) is 12.5. The Labute approximate surface area is 157 Å². The third kappa shape index (κ3) is 8.53. The zero-order chi connectivity index (χ0) is 16.4. The zero-order valence-electron chi connectivity index (χ0n) is 15.1. The molecule has 0 aliphatic carbocycles. The van der Waals surface area contributed by atoms with Crippen molar-refractivity contribution < 1.29 is 4.52 Å². The first kappa shape index (κ1) is 22.1. The molecule has 23 heavy (non-hydrogen) atoms. The van der Waals surface area contributed by atoms with Crippen LogP contribution in [-0.4, -0.2) is 36.2 Å². The molecule has 6 nitrogen and oxygen atoms in total. The van der Waals surface area contributed by atoms with Crippen molar-refractivity contribution in [2.45, 2.75) is 59.3 Å². The molecule has 0 aliphatic rings. The van der Waals surface area contributed by atoms with Crippen molar-refractivity contribution in [2.75, 3.05) is 20.1 Å². The summed E-state index contributed by atoms with van der Waals surface area (Å²) in [6.45, 7) is 10.4. The molecule has 0 unspecified atom stereocenters. The van der Waals surface area contributed by atoms with E-state index in [0.717, 1.165) is 37.7 Å². The van der Waals surface area contributed by atoms with Gasteiger partial charge >= 0.3 is 0 Å². The number of aromatic nitrogens is 2. The van der Waals surface area contributed by atoms with Crippen LogP contribution in [0.15, 0.2) is 9.52 Å². The minimum Gasteiger partial charge on any atom is -0.356 e. The molecule has 0 aliphatic heterocycles. The van der Waals surface area contributed by atoms with Crippen molar-refractivity contribution in [3.8, 4) is 0 Å². The van der Waals surface area contributed by atoms with E-state index in [-0.39, 0.29) is 24.0 Å². The lowest BCUT2D eigenvalue weighted by atomic mass is 10.0. The smallest absolute Gasteiger partial charge is 0.226 e. The SMILES string of the molecule is CCC(CC)CNC(=NC)NCCCc1nc(C(C)C)no1.I. The highest BCUT2D eigenvalue weighted by Gasteiger charge is 2.09. The van der Waals surface area contributed by atoms with Crippen molar-refractivity contribution in [3.63, 3.8) is 0 Å². The Bertz CT molecular complexity index is 443. The summed E-state index contributed by atoms with van der Waals surface area (Å²) in [4.78, 5) is 8.62. The molecule has 0 amide bonds. The van der Waals surface area contributed by atoms with Gasteiger partial charge in [0, 0.05) is 32.5 Å². The number of aryl methyl sites for hydroxylation is 1. The second-order valence-corrected chi connectivity index (χ2v) is 5.87. The van der Waals surface area contributed by atoms with Crippen LogP contribution in [0.2, 0.25) is 0 Å². The van der Waals surface area contributed by atoms with E-state index >= 15 is 0 Å². The molecule has 0 atom stereocenters. The summed E-state index contributed by atoms with van der Waals surface area (Å²) in [6.07, 6.45) is 4.10. The molecule has 1 heterocycles. The van der Waals surface area contributed by atoms with Crippen LogP contribution in [0, 0.1) is 5.92 Å². The highest BCUT2D eigenvalue weighted by atomic mass is 127. The van der Waals surface area contributed by atoms with Crippen LogP contribution in [0.4, 0.5) is 0 Å². The summed E-state index contributed by atoms with van der Waals surface area (Å²) in [5.74, 6) is 3.37. The highest BCUT2D eigenvalue weighted by Crippen LogP contribution is 2.10. The van der Waals surface area contributed by atoms with Crippen molar-refractivity contribution in [2.24, 2.45) is 10.9 Å². The summed E-state index contributed by atoms with van der Waals surface area (Å²) in [6, 6.07) is 0. The van der Waals surface area contributed by atoms with Crippen LogP contribution < -0.4 is 10.6 Å². The number of rotatable bonds is 9. The minimum atomic E-state index is 0. The molecular formula is C16H32IN5O. The van der Waals surface area contributed by atoms with Gasteiger partial charge in [0.1, 0.15) is 0 Å². The van der Waals surface area contributed by atoms with Gasteiger partial charge in [-0.1, -0.05) is 45.7 Å². The van der Waals surface area contributed by atoms with Crippen LogP contribution in [-0.2, 0) is 6.42 Å². The Hall–Kier alpha value is -0.860. The molecule has 134 valence electrons. The summed E-state index contributed by atoms with van der Waals surface area (Å²) < 4.78 is 5.23. The van der Waals surface area contributed by atoms with Crippen molar-refractivity contribution in [3.05, 3.63) is 11.7 Å². The number of nitrogens with one attached hydrogen (secondary N) is 2. The predicted molar refractivity (Wildman–Crippen MR) is 106 cm³/mol. The average Bonchev–Trinajstić information content (AvgIpc) is 2.99. The standard InChI is InChI=1S/C16H31N5O.HI/c1-6-13(7-2)11-19-16(17-5)18-10-8-9-14-20-15(12(3)4)21-22-14;/h12-13H,6-11H2,1-5H3,(H2,17,18,19);1H. The summed E-state index contributed by atoms with van der Waals surface area (Å²) in [5, 5.41) is 10.7. The topological polar surface area (TPSA) is 75.3 Å². The van der Waals surface area contributed by atoms with Gasteiger partial charge in [-0.15, -0.1) is 24.0 Å². The van der Waals surface area contributed by atoms with Crippen molar-refractivity contribution in [1.29, 1.82) is 0 Å². The Morgan fingerprint density at radius 1 is 1.22 bits per heavy atom. The first-order chi connectivity index (χ1) is 10.6. The van der Waals surface area contributed by atoms with Gasteiger partial charge in [0.05, 0.1) is 0 Å². The van der Waals surface area contributed by atoms with E-state index in [1.54, 1.807) is 7.05 Å². The van der Waals surface area contributed by atoms with E-state index in [1.807, 2.05) is 0 Å². The summed E-state index contributed by atoms with van der Waals surface area (Å²) in [5.41, 5.74) is 0. The second-order valence-electron chi connectivity index (χ2n) is 5.87. The fourth-order valence-corrected chi connectivity index (χ4v) is 2.09. The quantitative estimate of drug-likeness (QED) is 0.268. The Balaban J connectivity index is 0.00000484. The van der Waals surface area contributed by atoms with Gasteiger partial charge in [0.2, 0.25) is 5.89 Å². The maximum atomic E-state index is 5.23. The third-order valence-electron chi connectivity index (χ3n) is 3.80. The summed E-state index contributed by atoms with van der Waals surface area (Å²) >= 11 is 0. The van der Waals surface area contributed by atoms with Gasteiger partial charge < -0.3 is 15.2 Å². The fraction of sp³-hybridized carbons (Fsp3) is 0.812. The number of aliphatic imine (C=N–C) groups is 1. The van der Waals surface area contributed by atoms with Gasteiger partial charge in [-0.25, -0.2) is 0 Å². The molecule has 1 aromatic heterocycles. The normalized spacial score (nSPS) is 11.7. The predicted octanol–water partition coefficient (Wildman–Crippen LogP) is 3.34. The zero-order valence-corrected chi connectivity index (χ0v) is 17.4. The van der Waals surface area contributed by atoms with E-state index in [0.29, 0.717) is 17.7 Å². The van der Waals surface area contributed by atoms with Crippen LogP contribution in [0.5, 0.6) is 0 Å². The molecule has 2 N–H and O–H groups in total. The van der Waals surface area contributed by atoms with Crippen LogP contribution >= 0.6 is 24.0 Å².